The highest BCUT2D eigenvalue weighted by Crippen LogP contribution is 2.03. The predicted octanol–water partition coefficient (Wildman–Crippen LogP) is 2.51. The first kappa shape index (κ1) is 13.7. The smallest absolute Gasteiger partial charge is 0.249 e. The van der Waals surface area contributed by atoms with E-state index in [1.807, 2.05) is 44.2 Å². The number of amides is 1. The van der Waals surface area contributed by atoms with Crippen LogP contribution >= 0.6 is 0 Å². The summed E-state index contributed by atoms with van der Waals surface area (Å²) < 4.78 is 5.52. The molecule has 3 nitrogen and oxygen atoms in total. The Bertz CT molecular complexity index is 337. The summed E-state index contributed by atoms with van der Waals surface area (Å²) in [7, 11) is 0. The van der Waals surface area contributed by atoms with E-state index in [0.717, 1.165) is 12.0 Å². The molecule has 0 aliphatic carbocycles. The number of rotatable bonds is 6. The topological polar surface area (TPSA) is 38.3 Å². The highest BCUT2D eigenvalue weighted by atomic mass is 16.5. The molecule has 0 aromatic heterocycles. The summed E-state index contributed by atoms with van der Waals surface area (Å²) in [5.41, 5.74) is 1.08. The Morgan fingerprint density at radius 2 is 1.94 bits per heavy atom. The molecule has 2 unspecified atom stereocenters. The van der Waals surface area contributed by atoms with Crippen molar-refractivity contribution in [1.82, 2.24) is 5.32 Å². The molecule has 1 rings (SSSR count). The first-order valence-corrected chi connectivity index (χ1v) is 6.09. The van der Waals surface area contributed by atoms with Gasteiger partial charge in [-0.3, -0.25) is 4.79 Å². The number of carbonyl (C=O) groups is 1. The average molecular weight is 235 g/mol. The molecule has 1 amide bonds. The van der Waals surface area contributed by atoms with E-state index in [2.05, 4.69) is 5.32 Å². The van der Waals surface area contributed by atoms with Gasteiger partial charge in [0, 0.05) is 6.04 Å². The second-order valence-corrected chi connectivity index (χ2v) is 4.26. The zero-order valence-corrected chi connectivity index (χ0v) is 10.8. The minimum atomic E-state index is -0.413. The van der Waals surface area contributed by atoms with Crippen molar-refractivity contribution < 1.29 is 9.53 Å². The summed E-state index contributed by atoms with van der Waals surface area (Å²) in [4.78, 5) is 11.7. The highest BCUT2D eigenvalue weighted by molar-refractivity contribution is 5.80. The molecule has 0 heterocycles. The van der Waals surface area contributed by atoms with Gasteiger partial charge in [0.1, 0.15) is 6.10 Å². The van der Waals surface area contributed by atoms with Crippen LogP contribution in [-0.2, 0) is 16.1 Å². The van der Waals surface area contributed by atoms with Gasteiger partial charge >= 0.3 is 0 Å². The van der Waals surface area contributed by atoms with Gasteiger partial charge in [-0.25, -0.2) is 0 Å². The maximum Gasteiger partial charge on any atom is 0.249 e. The van der Waals surface area contributed by atoms with Crippen molar-refractivity contribution >= 4 is 5.91 Å². The van der Waals surface area contributed by atoms with Crippen LogP contribution in [0, 0.1) is 0 Å². The van der Waals surface area contributed by atoms with Crippen molar-refractivity contribution in [2.75, 3.05) is 0 Å². The third-order valence-electron chi connectivity index (χ3n) is 2.71. The lowest BCUT2D eigenvalue weighted by molar-refractivity contribution is -0.133. The monoisotopic (exact) mass is 235 g/mol. The third kappa shape index (κ3) is 5.00. The van der Waals surface area contributed by atoms with Gasteiger partial charge in [0.25, 0.3) is 0 Å². The van der Waals surface area contributed by atoms with Gasteiger partial charge in [0.15, 0.2) is 0 Å². The highest BCUT2D eigenvalue weighted by Gasteiger charge is 2.14. The summed E-state index contributed by atoms with van der Waals surface area (Å²) in [6, 6.07) is 10.1. The number of benzene rings is 1. The van der Waals surface area contributed by atoms with E-state index >= 15 is 0 Å². The number of hydrogen-bond acceptors (Lipinski definition) is 2. The molecule has 17 heavy (non-hydrogen) atoms. The molecule has 94 valence electrons. The van der Waals surface area contributed by atoms with E-state index in [9.17, 15) is 4.79 Å². The van der Waals surface area contributed by atoms with Gasteiger partial charge in [-0.1, -0.05) is 37.3 Å². The lowest BCUT2D eigenvalue weighted by Crippen LogP contribution is -2.39. The fraction of sp³-hybridized carbons (Fsp3) is 0.500. The van der Waals surface area contributed by atoms with E-state index in [1.54, 1.807) is 6.92 Å². The van der Waals surface area contributed by atoms with Gasteiger partial charge in [0.05, 0.1) is 6.61 Å². The lowest BCUT2D eigenvalue weighted by atomic mass is 10.2. The van der Waals surface area contributed by atoms with Gasteiger partial charge in [-0.15, -0.1) is 0 Å². The van der Waals surface area contributed by atoms with Gasteiger partial charge in [-0.05, 0) is 25.8 Å². The number of nitrogens with one attached hydrogen (secondary N) is 1. The van der Waals surface area contributed by atoms with Crippen LogP contribution in [0.15, 0.2) is 30.3 Å². The molecule has 1 N–H and O–H groups in total. The van der Waals surface area contributed by atoms with Crippen LogP contribution in [0.2, 0.25) is 0 Å². The van der Waals surface area contributed by atoms with Crippen LogP contribution in [0.3, 0.4) is 0 Å². The molecule has 1 aromatic carbocycles. The Labute approximate surface area is 103 Å². The average Bonchev–Trinajstić information content (AvgIpc) is 2.36. The molecule has 0 aliphatic heterocycles. The quantitative estimate of drug-likeness (QED) is 0.822. The van der Waals surface area contributed by atoms with E-state index in [1.165, 1.54) is 0 Å². The summed E-state index contributed by atoms with van der Waals surface area (Å²) in [6.45, 7) is 6.28. The zero-order chi connectivity index (χ0) is 12.7. The van der Waals surface area contributed by atoms with Gasteiger partial charge in [0.2, 0.25) is 5.91 Å². The van der Waals surface area contributed by atoms with Gasteiger partial charge in [-0.2, -0.15) is 0 Å². The second kappa shape index (κ2) is 7.07. The number of carbonyl (C=O) groups excluding carboxylic acids is 1. The predicted molar refractivity (Wildman–Crippen MR) is 68.6 cm³/mol. The summed E-state index contributed by atoms with van der Waals surface area (Å²) in [6.07, 6.45) is 0.515. The normalized spacial score (nSPS) is 14.1. The van der Waals surface area contributed by atoms with Crippen molar-refractivity contribution in [2.45, 2.75) is 45.9 Å². The maximum absolute atomic E-state index is 11.7. The van der Waals surface area contributed by atoms with E-state index in [0.29, 0.717) is 6.61 Å². The fourth-order valence-corrected chi connectivity index (χ4v) is 1.33. The van der Waals surface area contributed by atoms with E-state index in [4.69, 9.17) is 4.74 Å². The molecule has 2 atom stereocenters. The molecule has 0 spiro atoms. The van der Waals surface area contributed by atoms with Crippen LogP contribution in [0.5, 0.6) is 0 Å². The number of ether oxygens (including phenoxy) is 1. The summed E-state index contributed by atoms with van der Waals surface area (Å²) >= 11 is 0. The fourth-order valence-electron chi connectivity index (χ4n) is 1.33. The van der Waals surface area contributed by atoms with Crippen LogP contribution in [-0.4, -0.2) is 18.1 Å². The Morgan fingerprint density at radius 1 is 1.29 bits per heavy atom. The van der Waals surface area contributed by atoms with Crippen molar-refractivity contribution in [1.29, 1.82) is 0 Å². The van der Waals surface area contributed by atoms with Gasteiger partial charge < -0.3 is 10.1 Å². The molecule has 0 radical (unpaired) electrons. The largest absolute Gasteiger partial charge is 0.364 e. The zero-order valence-electron chi connectivity index (χ0n) is 10.8. The Balaban J connectivity index is 2.34. The van der Waals surface area contributed by atoms with Crippen LogP contribution in [0.4, 0.5) is 0 Å². The Kier molecular flexibility index (Phi) is 5.70. The molecule has 0 saturated heterocycles. The van der Waals surface area contributed by atoms with Crippen molar-refractivity contribution in [3.8, 4) is 0 Å². The molecule has 0 bridgehead atoms. The Hall–Kier alpha value is -1.35. The standard InChI is InChI=1S/C14H21NO2/c1-4-11(2)15-14(16)12(3)17-10-13-8-6-5-7-9-13/h5-9,11-12H,4,10H2,1-3H3,(H,15,16). The summed E-state index contributed by atoms with van der Waals surface area (Å²) in [5.74, 6) is -0.0460. The van der Waals surface area contributed by atoms with Crippen molar-refractivity contribution in [3.05, 3.63) is 35.9 Å². The third-order valence-corrected chi connectivity index (χ3v) is 2.71. The molecule has 0 saturated carbocycles. The first-order chi connectivity index (χ1) is 8.13. The first-order valence-electron chi connectivity index (χ1n) is 6.09. The van der Waals surface area contributed by atoms with Crippen molar-refractivity contribution in [2.24, 2.45) is 0 Å². The van der Waals surface area contributed by atoms with Crippen LogP contribution in [0.25, 0.3) is 0 Å². The number of hydrogen-bond donors (Lipinski definition) is 1. The molecule has 0 fully saturated rings. The SMILES string of the molecule is CCC(C)NC(=O)C(C)OCc1ccccc1. The maximum atomic E-state index is 11.7. The van der Waals surface area contributed by atoms with E-state index < -0.39 is 6.10 Å². The van der Waals surface area contributed by atoms with E-state index in [-0.39, 0.29) is 11.9 Å². The molecular weight excluding hydrogens is 214 g/mol. The summed E-state index contributed by atoms with van der Waals surface area (Å²) in [5, 5.41) is 2.90. The Morgan fingerprint density at radius 3 is 2.53 bits per heavy atom. The molecular formula is C14H21NO2. The van der Waals surface area contributed by atoms with Crippen LogP contribution < -0.4 is 5.32 Å². The minimum Gasteiger partial charge on any atom is -0.364 e. The molecule has 3 heteroatoms. The minimum absolute atomic E-state index is 0.0460. The second-order valence-electron chi connectivity index (χ2n) is 4.26. The molecule has 1 aromatic rings. The van der Waals surface area contributed by atoms with Crippen molar-refractivity contribution in [3.63, 3.8) is 0 Å². The lowest BCUT2D eigenvalue weighted by Gasteiger charge is -2.16. The van der Waals surface area contributed by atoms with Crippen LogP contribution in [0.1, 0.15) is 32.8 Å². The molecule has 0 aliphatic rings.